The summed E-state index contributed by atoms with van der Waals surface area (Å²) >= 11 is 0. The highest BCUT2D eigenvalue weighted by Crippen LogP contribution is 2.41. The third-order valence-corrected chi connectivity index (χ3v) is 2.33. The Morgan fingerprint density at radius 3 is 3.25 bits per heavy atom. The molecule has 0 aromatic heterocycles. The monoisotopic (exact) mass is 163 g/mol. The molecule has 0 spiro atoms. The predicted octanol–water partition coefficient (Wildman–Crippen LogP) is 1.38. The second-order valence-corrected chi connectivity index (χ2v) is 3.00. The first kappa shape index (κ1) is 6.17. The van der Waals surface area contributed by atoms with Crippen molar-refractivity contribution < 1.29 is 9.47 Å². The van der Waals surface area contributed by atoms with Crippen LogP contribution in [0.4, 0.5) is 5.69 Å². The summed E-state index contributed by atoms with van der Waals surface area (Å²) in [5.74, 6) is 1.83. The number of hydrogen-bond acceptors (Lipinski definition) is 3. The molecule has 0 fully saturated rings. The number of anilines is 1. The molecule has 0 saturated heterocycles. The lowest BCUT2D eigenvalue weighted by Gasteiger charge is -2.02. The maximum Gasteiger partial charge on any atom is 0.231 e. The van der Waals surface area contributed by atoms with Crippen molar-refractivity contribution >= 4 is 5.69 Å². The van der Waals surface area contributed by atoms with Gasteiger partial charge in [0, 0.05) is 17.8 Å². The zero-order valence-electron chi connectivity index (χ0n) is 6.59. The highest BCUT2D eigenvalue weighted by atomic mass is 16.7. The molecule has 0 bridgehead atoms. The topological polar surface area (TPSA) is 30.5 Å². The van der Waals surface area contributed by atoms with E-state index in [1.807, 2.05) is 6.07 Å². The summed E-state index contributed by atoms with van der Waals surface area (Å²) in [4.78, 5) is 0. The van der Waals surface area contributed by atoms with E-state index in [1.165, 1.54) is 11.3 Å². The van der Waals surface area contributed by atoms with Crippen LogP contribution in [0.5, 0.6) is 11.5 Å². The van der Waals surface area contributed by atoms with E-state index in [4.69, 9.17) is 9.47 Å². The molecule has 12 heavy (non-hydrogen) atoms. The van der Waals surface area contributed by atoms with Crippen molar-refractivity contribution in [2.75, 3.05) is 18.7 Å². The average molecular weight is 163 g/mol. The maximum atomic E-state index is 5.38. The van der Waals surface area contributed by atoms with Gasteiger partial charge >= 0.3 is 0 Å². The molecule has 2 heterocycles. The van der Waals surface area contributed by atoms with Gasteiger partial charge < -0.3 is 14.8 Å². The predicted molar refractivity (Wildman–Crippen MR) is 44.8 cm³/mol. The van der Waals surface area contributed by atoms with E-state index in [1.54, 1.807) is 0 Å². The zero-order valence-corrected chi connectivity index (χ0v) is 6.59. The highest BCUT2D eigenvalue weighted by Gasteiger charge is 2.23. The molecule has 2 aliphatic heterocycles. The SMILES string of the molecule is c1cc2c(c3c1NCC3)OCO2. The Bertz CT molecular complexity index is 303. The van der Waals surface area contributed by atoms with E-state index < -0.39 is 0 Å². The smallest absolute Gasteiger partial charge is 0.231 e. The minimum Gasteiger partial charge on any atom is -0.454 e. The molecular formula is C9H9NO2. The van der Waals surface area contributed by atoms with Gasteiger partial charge in [-0.2, -0.15) is 0 Å². The minimum atomic E-state index is 0.367. The molecule has 0 aliphatic carbocycles. The van der Waals surface area contributed by atoms with Gasteiger partial charge in [-0.3, -0.25) is 0 Å². The quantitative estimate of drug-likeness (QED) is 0.626. The van der Waals surface area contributed by atoms with Crippen molar-refractivity contribution in [3.63, 3.8) is 0 Å². The van der Waals surface area contributed by atoms with Crippen molar-refractivity contribution in [2.45, 2.75) is 6.42 Å². The van der Waals surface area contributed by atoms with Gasteiger partial charge in [-0.1, -0.05) is 0 Å². The van der Waals surface area contributed by atoms with Crippen molar-refractivity contribution in [3.8, 4) is 11.5 Å². The summed E-state index contributed by atoms with van der Waals surface area (Å²) in [7, 11) is 0. The van der Waals surface area contributed by atoms with Gasteiger partial charge in [0.15, 0.2) is 11.5 Å². The molecular weight excluding hydrogens is 154 g/mol. The molecule has 1 N–H and O–H groups in total. The first-order chi connectivity index (χ1) is 5.95. The van der Waals surface area contributed by atoms with Gasteiger partial charge in [-0.25, -0.2) is 0 Å². The number of nitrogens with one attached hydrogen (secondary N) is 1. The number of fused-ring (bicyclic) bond motifs is 3. The van der Waals surface area contributed by atoms with E-state index in [9.17, 15) is 0 Å². The summed E-state index contributed by atoms with van der Waals surface area (Å²) < 4.78 is 10.7. The van der Waals surface area contributed by atoms with Crippen LogP contribution in [0.15, 0.2) is 12.1 Å². The molecule has 3 nitrogen and oxygen atoms in total. The Morgan fingerprint density at radius 2 is 2.25 bits per heavy atom. The van der Waals surface area contributed by atoms with Crippen LogP contribution >= 0.6 is 0 Å². The van der Waals surface area contributed by atoms with Crippen LogP contribution in [-0.2, 0) is 6.42 Å². The average Bonchev–Trinajstić information content (AvgIpc) is 2.71. The van der Waals surface area contributed by atoms with Crippen molar-refractivity contribution in [2.24, 2.45) is 0 Å². The summed E-state index contributed by atoms with van der Waals surface area (Å²) in [6.07, 6.45) is 1.04. The van der Waals surface area contributed by atoms with E-state index in [0.717, 1.165) is 24.5 Å². The van der Waals surface area contributed by atoms with Crippen molar-refractivity contribution in [3.05, 3.63) is 17.7 Å². The Hall–Kier alpha value is -1.38. The summed E-state index contributed by atoms with van der Waals surface area (Å²) in [5.41, 5.74) is 2.46. The van der Waals surface area contributed by atoms with E-state index in [0.29, 0.717) is 6.79 Å². The molecule has 1 aromatic rings. The molecule has 0 unspecified atom stereocenters. The lowest BCUT2D eigenvalue weighted by molar-refractivity contribution is 0.173. The fraction of sp³-hybridized carbons (Fsp3) is 0.333. The molecule has 62 valence electrons. The molecule has 3 rings (SSSR count). The molecule has 0 amide bonds. The summed E-state index contributed by atoms with van der Waals surface area (Å²) in [6.45, 7) is 1.38. The van der Waals surface area contributed by atoms with Crippen LogP contribution in [-0.4, -0.2) is 13.3 Å². The molecule has 0 saturated carbocycles. The number of ether oxygens (including phenoxy) is 2. The van der Waals surface area contributed by atoms with Gasteiger partial charge in [0.25, 0.3) is 0 Å². The second-order valence-electron chi connectivity index (χ2n) is 3.00. The van der Waals surface area contributed by atoms with Crippen LogP contribution in [0.1, 0.15) is 5.56 Å². The highest BCUT2D eigenvalue weighted by molar-refractivity contribution is 5.66. The second kappa shape index (κ2) is 2.06. The number of rotatable bonds is 0. The van der Waals surface area contributed by atoms with Gasteiger partial charge in [-0.15, -0.1) is 0 Å². The van der Waals surface area contributed by atoms with Gasteiger partial charge in [0.1, 0.15) is 0 Å². The Kier molecular flexibility index (Phi) is 1.06. The fourth-order valence-corrected chi connectivity index (χ4v) is 1.77. The summed E-state index contributed by atoms with van der Waals surface area (Å²) in [5, 5.41) is 3.29. The molecule has 1 aromatic carbocycles. The van der Waals surface area contributed by atoms with Crippen molar-refractivity contribution in [1.29, 1.82) is 0 Å². The van der Waals surface area contributed by atoms with Crippen LogP contribution in [0.25, 0.3) is 0 Å². The lowest BCUT2D eigenvalue weighted by atomic mass is 10.1. The van der Waals surface area contributed by atoms with E-state index in [2.05, 4.69) is 11.4 Å². The zero-order chi connectivity index (χ0) is 7.97. The van der Waals surface area contributed by atoms with Crippen LogP contribution in [0.3, 0.4) is 0 Å². The number of benzene rings is 1. The van der Waals surface area contributed by atoms with Crippen LogP contribution in [0, 0.1) is 0 Å². The molecule has 0 atom stereocenters. The Morgan fingerprint density at radius 1 is 1.25 bits per heavy atom. The fourth-order valence-electron chi connectivity index (χ4n) is 1.77. The molecule has 0 radical (unpaired) electrons. The summed E-state index contributed by atoms with van der Waals surface area (Å²) in [6, 6.07) is 4.01. The third-order valence-electron chi connectivity index (χ3n) is 2.33. The van der Waals surface area contributed by atoms with Gasteiger partial charge in [-0.05, 0) is 18.6 Å². The lowest BCUT2D eigenvalue weighted by Crippen LogP contribution is -1.94. The normalized spacial score (nSPS) is 17.3. The Labute approximate surface area is 70.3 Å². The molecule has 3 heteroatoms. The largest absolute Gasteiger partial charge is 0.454 e. The number of hydrogen-bond donors (Lipinski definition) is 1. The van der Waals surface area contributed by atoms with Crippen LogP contribution < -0.4 is 14.8 Å². The maximum absolute atomic E-state index is 5.38. The van der Waals surface area contributed by atoms with Gasteiger partial charge in [0.2, 0.25) is 6.79 Å². The van der Waals surface area contributed by atoms with Gasteiger partial charge in [0.05, 0.1) is 0 Å². The van der Waals surface area contributed by atoms with Crippen molar-refractivity contribution in [1.82, 2.24) is 0 Å². The Balaban J connectivity index is 2.24. The minimum absolute atomic E-state index is 0.367. The first-order valence-electron chi connectivity index (χ1n) is 4.10. The van der Waals surface area contributed by atoms with Crippen LogP contribution in [0.2, 0.25) is 0 Å². The third kappa shape index (κ3) is 0.656. The molecule has 2 aliphatic rings. The van der Waals surface area contributed by atoms with E-state index in [-0.39, 0.29) is 0 Å². The van der Waals surface area contributed by atoms with E-state index >= 15 is 0 Å². The first-order valence-corrected chi connectivity index (χ1v) is 4.10. The standard InChI is InChI=1S/C9H9NO2/c1-2-8-9(12-5-11-8)6-3-4-10-7(1)6/h1-2,10H,3-5H2.